The van der Waals surface area contributed by atoms with Crippen molar-refractivity contribution in [1.29, 1.82) is 0 Å². The molecule has 0 saturated carbocycles. The molecule has 0 bridgehead atoms. The Morgan fingerprint density at radius 2 is 2.20 bits per heavy atom. The summed E-state index contributed by atoms with van der Waals surface area (Å²) in [4.78, 5) is 12.0. The zero-order chi connectivity index (χ0) is 13.9. The van der Waals surface area contributed by atoms with E-state index >= 15 is 0 Å². The van der Waals surface area contributed by atoms with E-state index in [4.69, 9.17) is 4.74 Å². The maximum atomic E-state index is 12.0. The highest BCUT2D eigenvalue weighted by molar-refractivity contribution is 5.92. The molecule has 4 heteroatoms. The molecule has 1 aromatic carbocycles. The van der Waals surface area contributed by atoms with Crippen LogP contribution < -0.4 is 10.1 Å². The molecule has 1 N–H and O–H groups in total. The summed E-state index contributed by atoms with van der Waals surface area (Å²) in [7, 11) is 1.87. The molecule has 2 heterocycles. The van der Waals surface area contributed by atoms with Gasteiger partial charge in [-0.1, -0.05) is 18.2 Å². The van der Waals surface area contributed by atoms with Crippen LogP contribution in [0.15, 0.2) is 42.6 Å². The van der Waals surface area contributed by atoms with Gasteiger partial charge in [0, 0.05) is 25.7 Å². The van der Waals surface area contributed by atoms with E-state index in [1.54, 1.807) is 0 Å². The third-order valence-corrected chi connectivity index (χ3v) is 3.68. The summed E-state index contributed by atoms with van der Waals surface area (Å²) in [5, 5.41) is 2.99. The fourth-order valence-corrected chi connectivity index (χ4v) is 2.55. The van der Waals surface area contributed by atoms with Crippen molar-refractivity contribution in [3.05, 3.63) is 53.9 Å². The van der Waals surface area contributed by atoms with Crippen LogP contribution >= 0.6 is 0 Å². The number of para-hydroxylation sites is 1. The van der Waals surface area contributed by atoms with Crippen LogP contribution in [0.5, 0.6) is 5.75 Å². The SMILES string of the molecule is Cn1cccc1C(=O)NCC1COc2ccccc2C1. The lowest BCUT2D eigenvalue weighted by Gasteiger charge is -2.25. The third kappa shape index (κ3) is 2.54. The number of amides is 1. The molecule has 1 aromatic heterocycles. The Bertz CT molecular complexity index is 618. The van der Waals surface area contributed by atoms with E-state index in [1.165, 1.54) is 5.56 Å². The van der Waals surface area contributed by atoms with Crippen molar-refractivity contribution in [3.63, 3.8) is 0 Å². The topological polar surface area (TPSA) is 43.3 Å². The molecular weight excluding hydrogens is 252 g/mol. The molecule has 0 aliphatic carbocycles. The van der Waals surface area contributed by atoms with Gasteiger partial charge in [0.05, 0.1) is 6.61 Å². The molecule has 20 heavy (non-hydrogen) atoms. The minimum Gasteiger partial charge on any atom is -0.493 e. The predicted molar refractivity (Wildman–Crippen MR) is 76.9 cm³/mol. The van der Waals surface area contributed by atoms with Crippen LogP contribution in [0, 0.1) is 5.92 Å². The van der Waals surface area contributed by atoms with Crippen molar-refractivity contribution in [3.8, 4) is 5.75 Å². The molecular formula is C16H18N2O2. The Morgan fingerprint density at radius 3 is 3.00 bits per heavy atom. The third-order valence-electron chi connectivity index (χ3n) is 3.68. The molecule has 0 spiro atoms. The minimum absolute atomic E-state index is 0.0311. The first kappa shape index (κ1) is 12.8. The van der Waals surface area contributed by atoms with E-state index < -0.39 is 0 Å². The van der Waals surface area contributed by atoms with E-state index in [0.717, 1.165) is 12.2 Å². The summed E-state index contributed by atoms with van der Waals surface area (Å²) in [5.74, 6) is 1.27. The van der Waals surface area contributed by atoms with E-state index in [9.17, 15) is 4.79 Å². The van der Waals surface area contributed by atoms with Gasteiger partial charge in [-0.05, 0) is 30.2 Å². The van der Waals surface area contributed by atoms with Crippen molar-refractivity contribution in [2.24, 2.45) is 13.0 Å². The second-order valence-corrected chi connectivity index (χ2v) is 5.20. The molecule has 3 rings (SSSR count). The summed E-state index contributed by atoms with van der Waals surface area (Å²) in [6.45, 7) is 1.29. The molecule has 104 valence electrons. The highest BCUT2D eigenvalue weighted by Gasteiger charge is 2.20. The van der Waals surface area contributed by atoms with Gasteiger partial charge in [0.25, 0.3) is 5.91 Å². The van der Waals surface area contributed by atoms with Crippen LogP contribution in [0.1, 0.15) is 16.1 Å². The van der Waals surface area contributed by atoms with Gasteiger partial charge in [-0.3, -0.25) is 4.79 Å². The summed E-state index contributed by atoms with van der Waals surface area (Å²) in [6.07, 6.45) is 2.82. The first-order valence-corrected chi connectivity index (χ1v) is 6.84. The number of rotatable bonds is 3. The van der Waals surface area contributed by atoms with Crippen molar-refractivity contribution >= 4 is 5.91 Å². The highest BCUT2D eigenvalue weighted by atomic mass is 16.5. The molecule has 1 amide bonds. The number of aromatic nitrogens is 1. The van der Waals surface area contributed by atoms with E-state index in [-0.39, 0.29) is 5.91 Å². The van der Waals surface area contributed by atoms with Crippen LogP contribution in [-0.4, -0.2) is 23.6 Å². The molecule has 0 radical (unpaired) electrons. The molecule has 1 aliphatic heterocycles. The number of hydrogen-bond donors (Lipinski definition) is 1. The fourth-order valence-electron chi connectivity index (χ4n) is 2.55. The number of nitrogens with one attached hydrogen (secondary N) is 1. The molecule has 4 nitrogen and oxygen atoms in total. The zero-order valence-electron chi connectivity index (χ0n) is 11.5. The second kappa shape index (κ2) is 5.41. The average Bonchev–Trinajstić information content (AvgIpc) is 2.91. The molecule has 0 fully saturated rings. The number of nitrogens with zero attached hydrogens (tertiary/aromatic N) is 1. The smallest absolute Gasteiger partial charge is 0.267 e. The minimum atomic E-state index is -0.0311. The summed E-state index contributed by atoms with van der Waals surface area (Å²) in [6, 6.07) is 11.8. The number of hydrogen-bond acceptors (Lipinski definition) is 2. The Kier molecular flexibility index (Phi) is 3.46. The maximum Gasteiger partial charge on any atom is 0.267 e. The Balaban J connectivity index is 1.58. The van der Waals surface area contributed by atoms with Gasteiger partial charge in [0.2, 0.25) is 0 Å². The van der Waals surface area contributed by atoms with Gasteiger partial charge in [-0.2, -0.15) is 0 Å². The van der Waals surface area contributed by atoms with Gasteiger partial charge < -0.3 is 14.6 Å². The number of carbonyl (C=O) groups excluding carboxylic acids is 1. The van der Waals surface area contributed by atoms with Gasteiger partial charge in [-0.15, -0.1) is 0 Å². The molecule has 1 aliphatic rings. The van der Waals surface area contributed by atoms with E-state index in [1.807, 2.05) is 48.1 Å². The average molecular weight is 270 g/mol. The van der Waals surface area contributed by atoms with Crippen LogP contribution in [-0.2, 0) is 13.5 Å². The first-order chi connectivity index (χ1) is 9.74. The van der Waals surface area contributed by atoms with Crippen molar-refractivity contribution in [2.45, 2.75) is 6.42 Å². The summed E-state index contributed by atoms with van der Waals surface area (Å²) in [5.41, 5.74) is 1.90. The van der Waals surface area contributed by atoms with Gasteiger partial charge in [0.1, 0.15) is 11.4 Å². The largest absolute Gasteiger partial charge is 0.493 e. The normalized spacial score (nSPS) is 17.1. The maximum absolute atomic E-state index is 12.0. The predicted octanol–water partition coefficient (Wildman–Crippen LogP) is 2.01. The zero-order valence-corrected chi connectivity index (χ0v) is 11.5. The Hall–Kier alpha value is -2.23. The monoisotopic (exact) mass is 270 g/mol. The van der Waals surface area contributed by atoms with Crippen LogP contribution in [0.3, 0.4) is 0 Å². The number of benzene rings is 1. The fraction of sp³-hybridized carbons (Fsp3) is 0.312. The van der Waals surface area contributed by atoms with Crippen molar-refractivity contribution in [1.82, 2.24) is 9.88 Å². The number of fused-ring (bicyclic) bond motifs is 1. The van der Waals surface area contributed by atoms with Crippen molar-refractivity contribution in [2.75, 3.05) is 13.2 Å². The Morgan fingerprint density at radius 1 is 1.35 bits per heavy atom. The van der Waals surface area contributed by atoms with Gasteiger partial charge >= 0.3 is 0 Å². The quantitative estimate of drug-likeness (QED) is 0.927. The lowest BCUT2D eigenvalue weighted by molar-refractivity contribution is 0.0931. The first-order valence-electron chi connectivity index (χ1n) is 6.84. The van der Waals surface area contributed by atoms with Gasteiger partial charge in [-0.25, -0.2) is 0 Å². The second-order valence-electron chi connectivity index (χ2n) is 5.20. The number of ether oxygens (including phenoxy) is 1. The Labute approximate surface area is 118 Å². The number of aryl methyl sites for hydroxylation is 1. The lowest BCUT2D eigenvalue weighted by atomic mass is 9.97. The van der Waals surface area contributed by atoms with Crippen LogP contribution in [0.25, 0.3) is 0 Å². The molecule has 1 unspecified atom stereocenters. The summed E-state index contributed by atoms with van der Waals surface area (Å²) >= 11 is 0. The highest BCUT2D eigenvalue weighted by Crippen LogP contribution is 2.26. The number of carbonyl (C=O) groups is 1. The summed E-state index contributed by atoms with van der Waals surface area (Å²) < 4.78 is 7.55. The molecule has 1 atom stereocenters. The standard InChI is InChI=1S/C16H18N2O2/c1-18-8-4-6-14(18)16(19)17-10-12-9-13-5-2-3-7-15(13)20-11-12/h2-8,12H,9-11H2,1H3,(H,17,19). The molecule has 2 aromatic rings. The lowest BCUT2D eigenvalue weighted by Crippen LogP contribution is -2.35. The molecule has 0 saturated heterocycles. The van der Waals surface area contributed by atoms with Crippen LogP contribution in [0.4, 0.5) is 0 Å². The van der Waals surface area contributed by atoms with Gasteiger partial charge in [0.15, 0.2) is 0 Å². The van der Waals surface area contributed by atoms with E-state index in [2.05, 4.69) is 11.4 Å². The van der Waals surface area contributed by atoms with E-state index in [0.29, 0.717) is 24.8 Å². The van der Waals surface area contributed by atoms with Crippen LogP contribution in [0.2, 0.25) is 0 Å². The van der Waals surface area contributed by atoms with Crippen molar-refractivity contribution < 1.29 is 9.53 Å².